The molecule has 1 aromatic heterocycles. The first-order valence-electron chi connectivity index (χ1n) is 8.91. The quantitative estimate of drug-likeness (QED) is 0.662. The number of hydrogen-bond acceptors (Lipinski definition) is 4. The van der Waals surface area contributed by atoms with E-state index in [1.165, 1.54) is 0 Å². The van der Waals surface area contributed by atoms with E-state index >= 15 is 0 Å². The van der Waals surface area contributed by atoms with Crippen molar-refractivity contribution in [1.29, 1.82) is 0 Å². The minimum absolute atomic E-state index is 0.00872. The Morgan fingerprint density at radius 2 is 2.16 bits per heavy atom. The van der Waals surface area contributed by atoms with Gasteiger partial charge in [-0.25, -0.2) is 0 Å². The van der Waals surface area contributed by atoms with Gasteiger partial charge in [-0.3, -0.25) is 19.6 Å². The summed E-state index contributed by atoms with van der Waals surface area (Å²) in [5, 5.41) is 12.7. The molecular formula is C18H27N5O2. The lowest BCUT2D eigenvalue weighted by Crippen LogP contribution is -2.43. The Kier molecular flexibility index (Phi) is 7.02. The van der Waals surface area contributed by atoms with Crippen molar-refractivity contribution in [2.45, 2.75) is 52.1 Å². The van der Waals surface area contributed by atoms with Gasteiger partial charge >= 0.3 is 0 Å². The Labute approximate surface area is 148 Å². The number of likely N-dealkylation sites (tertiary alicyclic amines) is 1. The van der Waals surface area contributed by atoms with E-state index in [2.05, 4.69) is 32.7 Å². The number of nitrogens with one attached hydrogen (secondary N) is 3. The highest BCUT2D eigenvalue weighted by molar-refractivity contribution is 5.92. The smallest absolute Gasteiger partial charge is 0.272 e. The third kappa shape index (κ3) is 5.07. The van der Waals surface area contributed by atoms with E-state index in [1.54, 1.807) is 6.07 Å². The van der Waals surface area contributed by atoms with Gasteiger partial charge in [-0.05, 0) is 25.8 Å². The van der Waals surface area contributed by atoms with Crippen LogP contribution in [0.25, 0.3) is 0 Å². The fourth-order valence-corrected chi connectivity index (χ4v) is 2.95. The largest absolute Gasteiger partial charge is 0.355 e. The maximum Gasteiger partial charge on any atom is 0.272 e. The molecular weight excluding hydrogens is 318 g/mol. The van der Waals surface area contributed by atoms with Gasteiger partial charge in [0, 0.05) is 31.2 Å². The molecule has 0 spiro atoms. The lowest BCUT2D eigenvalue weighted by molar-refractivity contribution is -0.125. The van der Waals surface area contributed by atoms with E-state index in [1.807, 2.05) is 25.7 Å². The number of nitrogens with zero attached hydrogens (tertiary/aromatic N) is 2. The third-order valence-corrected chi connectivity index (χ3v) is 4.22. The van der Waals surface area contributed by atoms with Gasteiger partial charge in [0.2, 0.25) is 5.91 Å². The predicted molar refractivity (Wildman–Crippen MR) is 95.9 cm³/mol. The van der Waals surface area contributed by atoms with Crippen LogP contribution < -0.4 is 10.6 Å². The molecule has 0 bridgehead atoms. The van der Waals surface area contributed by atoms with Crippen LogP contribution in [0.2, 0.25) is 0 Å². The monoisotopic (exact) mass is 345 g/mol. The van der Waals surface area contributed by atoms with Crippen LogP contribution in [0, 0.1) is 11.8 Å². The van der Waals surface area contributed by atoms with Crippen molar-refractivity contribution in [3.63, 3.8) is 0 Å². The summed E-state index contributed by atoms with van der Waals surface area (Å²) in [6.07, 6.45) is 2.17. The van der Waals surface area contributed by atoms with Crippen molar-refractivity contribution < 1.29 is 9.59 Å². The van der Waals surface area contributed by atoms with Crippen molar-refractivity contribution in [2.75, 3.05) is 19.6 Å². The van der Waals surface area contributed by atoms with Gasteiger partial charge in [0.25, 0.3) is 5.91 Å². The number of likely N-dealkylation sites (N-methyl/N-ethyl adjacent to an activating group) is 1. The minimum atomic E-state index is -0.262. The van der Waals surface area contributed by atoms with Gasteiger partial charge in [-0.2, -0.15) is 5.10 Å². The topological polar surface area (TPSA) is 90.1 Å². The Bertz CT molecular complexity index is 658. The number of carbonyl (C=O) groups is 2. The number of amides is 2. The maximum absolute atomic E-state index is 12.4. The van der Waals surface area contributed by atoms with Crippen LogP contribution in [0.15, 0.2) is 6.07 Å². The molecule has 2 amide bonds. The average molecular weight is 345 g/mol. The van der Waals surface area contributed by atoms with Gasteiger partial charge in [0.05, 0.1) is 12.6 Å². The molecule has 1 fully saturated rings. The number of aryl methyl sites for hydroxylation is 1. The first kappa shape index (κ1) is 19.0. The predicted octanol–water partition coefficient (Wildman–Crippen LogP) is 0.694. The Hall–Kier alpha value is -2.33. The molecule has 1 aliphatic heterocycles. The van der Waals surface area contributed by atoms with E-state index < -0.39 is 0 Å². The second-order valence-corrected chi connectivity index (χ2v) is 6.08. The van der Waals surface area contributed by atoms with Crippen LogP contribution in [0.3, 0.4) is 0 Å². The SMILES string of the molecule is CCC#CCN1C[C@@H](NC(=O)c2cc(CC)[nH]n2)C[C@H]1C(=O)NCC. The van der Waals surface area contributed by atoms with Crippen molar-refractivity contribution in [3.8, 4) is 11.8 Å². The first-order valence-corrected chi connectivity index (χ1v) is 8.91. The zero-order valence-corrected chi connectivity index (χ0v) is 15.2. The van der Waals surface area contributed by atoms with Crippen LogP contribution in [-0.4, -0.2) is 58.6 Å². The van der Waals surface area contributed by atoms with Crippen molar-refractivity contribution in [2.24, 2.45) is 0 Å². The van der Waals surface area contributed by atoms with E-state index in [9.17, 15) is 9.59 Å². The number of aromatic nitrogens is 2. The molecule has 0 unspecified atom stereocenters. The highest BCUT2D eigenvalue weighted by atomic mass is 16.2. The van der Waals surface area contributed by atoms with E-state index in [-0.39, 0.29) is 23.9 Å². The molecule has 0 radical (unpaired) electrons. The molecule has 0 aliphatic carbocycles. The van der Waals surface area contributed by atoms with E-state index in [0.29, 0.717) is 31.7 Å². The molecule has 0 saturated carbocycles. The average Bonchev–Trinajstić information content (AvgIpc) is 3.22. The molecule has 7 heteroatoms. The lowest BCUT2D eigenvalue weighted by atomic mass is 10.1. The number of carbonyl (C=O) groups excluding carboxylic acids is 2. The van der Waals surface area contributed by atoms with E-state index in [4.69, 9.17) is 0 Å². The molecule has 3 N–H and O–H groups in total. The Morgan fingerprint density at radius 1 is 1.36 bits per heavy atom. The zero-order chi connectivity index (χ0) is 18.2. The van der Waals surface area contributed by atoms with Crippen molar-refractivity contribution in [1.82, 2.24) is 25.7 Å². The molecule has 2 heterocycles. The summed E-state index contributed by atoms with van der Waals surface area (Å²) < 4.78 is 0. The molecule has 0 aromatic carbocycles. The van der Waals surface area contributed by atoms with E-state index in [0.717, 1.165) is 18.5 Å². The second kappa shape index (κ2) is 9.23. The van der Waals surface area contributed by atoms with Crippen LogP contribution in [0.4, 0.5) is 0 Å². The first-order chi connectivity index (χ1) is 12.1. The van der Waals surface area contributed by atoms with Crippen molar-refractivity contribution in [3.05, 3.63) is 17.5 Å². The standard InChI is InChI=1S/C18H27N5O2/c1-4-7-8-9-23-12-14(11-16(23)18(25)19-6-3)20-17(24)15-10-13(5-2)21-22-15/h10,14,16H,4-6,9,11-12H2,1-3H3,(H,19,25)(H,20,24)(H,21,22)/t14-,16-/m0/s1. The zero-order valence-electron chi connectivity index (χ0n) is 15.2. The number of hydrogen-bond donors (Lipinski definition) is 3. The molecule has 7 nitrogen and oxygen atoms in total. The summed E-state index contributed by atoms with van der Waals surface area (Å²) in [4.78, 5) is 26.7. The van der Waals surface area contributed by atoms with Crippen LogP contribution >= 0.6 is 0 Å². The van der Waals surface area contributed by atoms with Crippen molar-refractivity contribution >= 4 is 11.8 Å². The van der Waals surface area contributed by atoms with Crippen LogP contribution in [0.1, 0.15) is 49.8 Å². The van der Waals surface area contributed by atoms with Gasteiger partial charge in [-0.1, -0.05) is 19.8 Å². The summed E-state index contributed by atoms with van der Waals surface area (Å²) in [6.45, 7) is 7.62. The fraction of sp³-hybridized carbons (Fsp3) is 0.611. The van der Waals surface area contributed by atoms with Gasteiger partial charge < -0.3 is 10.6 Å². The summed E-state index contributed by atoms with van der Waals surface area (Å²) in [6, 6.07) is 1.41. The van der Waals surface area contributed by atoms with Crippen LogP contribution in [0.5, 0.6) is 0 Å². The third-order valence-electron chi connectivity index (χ3n) is 4.22. The molecule has 25 heavy (non-hydrogen) atoms. The highest BCUT2D eigenvalue weighted by Crippen LogP contribution is 2.18. The van der Waals surface area contributed by atoms with Gasteiger partial charge in [0.1, 0.15) is 5.69 Å². The molecule has 2 atom stereocenters. The number of aromatic amines is 1. The fourth-order valence-electron chi connectivity index (χ4n) is 2.95. The summed E-state index contributed by atoms with van der Waals surface area (Å²) >= 11 is 0. The second-order valence-electron chi connectivity index (χ2n) is 6.08. The molecule has 1 saturated heterocycles. The Balaban J connectivity index is 2.01. The van der Waals surface area contributed by atoms with Crippen LogP contribution in [-0.2, 0) is 11.2 Å². The number of H-pyrrole nitrogens is 1. The van der Waals surface area contributed by atoms with Gasteiger partial charge in [0.15, 0.2) is 0 Å². The highest BCUT2D eigenvalue weighted by Gasteiger charge is 2.37. The molecule has 136 valence electrons. The summed E-state index contributed by atoms with van der Waals surface area (Å²) in [5.74, 6) is 5.90. The molecule has 1 aliphatic rings. The Morgan fingerprint density at radius 3 is 2.80 bits per heavy atom. The van der Waals surface area contributed by atoms with Gasteiger partial charge in [-0.15, -0.1) is 5.92 Å². The normalized spacial score (nSPS) is 20.0. The molecule has 1 aromatic rings. The summed E-state index contributed by atoms with van der Waals surface area (Å²) in [7, 11) is 0. The number of rotatable bonds is 6. The summed E-state index contributed by atoms with van der Waals surface area (Å²) in [5.41, 5.74) is 1.31. The maximum atomic E-state index is 12.4. The minimum Gasteiger partial charge on any atom is -0.355 e. The lowest BCUT2D eigenvalue weighted by Gasteiger charge is -2.20. The molecule has 2 rings (SSSR count).